The lowest BCUT2D eigenvalue weighted by Gasteiger charge is -2.37. The summed E-state index contributed by atoms with van der Waals surface area (Å²) in [6.07, 6.45) is -0.338. The van der Waals surface area contributed by atoms with Crippen molar-refractivity contribution in [1.29, 1.82) is 0 Å². The average Bonchev–Trinajstić information content (AvgIpc) is 2.62. The number of carbonyl (C=O) groups is 1. The van der Waals surface area contributed by atoms with Crippen molar-refractivity contribution in [2.75, 3.05) is 10.2 Å². The van der Waals surface area contributed by atoms with E-state index in [-0.39, 0.29) is 12.1 Å². The number of benzene rings is 2. The fraction of sp³-hybridized carbons (Fsp3) is 0.100. The van der Waals surface area contributed by atoms with Crippen molar-refractivity contribution >= 4 is 17.3 Å². The SMILES string of the molecule is Cc1cccc(C2Nc3ccccc3C(=O)N2c2ccccc2)n1. The second kappa shape index (κ2) is 5.81. The van der Waals surface area contributed by atoms with E-state index in [1.54, 1.807) is 4.90 Å². The van der Waals surface area contributed by atoms with Crippen LogP contribution in [0.25, 0.3) is 0 Å². The van der Waals surface area contributed by atoms with Crippen LogP contribution in [0, 0.1) is 6.92 Å². The number of anilines is 2. The summed E-state index contributed by atoms with van der Waals surface area (Å²) in [6.45, 7) is 1.95. The number of nitrogens with one attached hydrogen (secondary N) is 1. The van der Waals surface area contributed by atoms with E-state index in [4.69, 9.17) is 0 Å². The van der Waals surface area contributed by atoms with Crippen LogP contribution in [0.3, 0.4) is 0 Å². The second-order valence-electron chi connectivity index (χ2n) is 5.81. The van der Waals surface area contributed by atoms with E-state index in [1.807, 2.05) is 79.7 Å². The van der Waals surface area contributed by atoms with Gasteiger partial charge in [-0.3, -0.25) is 14.7 Å². The Morgan fingerprint density at radius 2 is 1.67 bits per heavy atom. The highest BCUT2D eigenvalue weighted by Gasteiger charge is 2.34. The van der Waals surface area contributed by atoms with Crippen LogP contribution < -0.4 is 10.2 Å². The zero-order chi connectivity index (χ0) is 16.5. The summed E-state index contributed by atoms with van der Waals surface area (Å²) in [5.74, 6) is -0.0242. The van der Waals surface area contributed by atoms with Gasteiger partial charge in [0, 0.05) is 17.1 Å². The molecule has 0 fully saturated rings. The lowest BCUT2D eigenvalue weighted by molar-refractivity contribution is 0.0974. The van der Waals surface area contributed by atoms with Crippen LogP contribution in [-0.4, -0.2) is 10.9 Å². The third-order valence-electron chi connectivity index (χ3n) is 4.15. The van der Waals surface area contributed by atoms with E-state index in [9.17, 15) is 4.79 Å². The maximum Gasteiger partial charge on any atom is 0.262 e. The molecule has 24 heavy (non-hydrogen) atoms. The number of pyridine rings is 1. The standard InChI is InChI=1S/C20H17N3O/c1-14-8-7-13-18(21-14)19-22-17-12-6-5-11-16(17)20(24)23(19)15-9-3-2-4-10-15/h2-13,19,22H,1H3. The molecule has 0 bridgehead atoms. The van der Waals surface area contributed by atoms with Gasteiger partial charge in [-0.1, -0.05) is 36.4 Å². The summed E-state index contributed by atoms with van der Waals surface area (Å²) in [6, 6.07) is 23.1. The minimum Gasteiger partial charge on any atom is -0.359 e. The van der Waals surface area contributed by atoms with Gasteiger partial charge in [0.1, 0.15) is 0 Å². The third kappa shape index (κ3) is 2.42. The summed E-state index contributed by atoms with van der Waals surface area (Å²) >= 11 is 0. The van der Waals surface area contributed by atoms with Crippen molar-refractivity contribution in [1.82, 2.24) is 4.98 Å². The molecule has 3 aromatic rings. The lowest BCUT2D eigenvalue weighted by atomic mass is 10.0. The van der Waals surface area contributed by atoms with Gasteiger partial charge in [0.15, 0.2) is 6.17 Å². The molecular formula is C20H17N3O. The van der Waals surface area contributed by atoms with Crippen molar-refractivity contribution in [2.24, 2.45) is 0 Å². The molecule has 1 atom stereocenters. The van der Waals surface area contributed by atoms with Gasteiger partial charge < -0.3 is 5.32 Å². The molecule has 1 aliphatic rings. The second-order valence-corrected chi connectivity index (χ2v) is 5.81. The first kappa shape index (κ1) is 14.5. The first-order chi connectivity index (χ1) is 11.7. The molecule has 1 aliphatic heterocycles. The van der Waals surface area contributed by atoms with Crippen LogP contribution >= 0.6 is 0 Å². The van der Waals surface area contributed by atoms with Crippen LogP contribution in [0.1, 0.15) is 27.9 Å². The highest BCUT2D eigenvalue weighted by atomic mass is 16.2. The molecule has 0 radical (unpaired) electrons. The van der Waals surface area contributed by atoms with Gasteiger partial charge in [0.2, 0.25) is 0 Å². The van der Waals surface area contributed by atoms with Gasteiger partial charge in [0.05, 0.1) is 11.3 Å². The van der Waals surface area contributed by atoms with Crippen molar-refractivity contribution in [3.63, 3.8) is 0 Å². The summed E-state index contributed by atoms with van der Waals surface area (Å²) in [7, 11) is 0. The predicted molar refractivity (Wildman–Crippen MR) is 95.0 cm³/mol. The Morgan fingerprint density at radius 3 is 2.46 bits per heavy atom. The maximum absolute atomic E-state index is 13.1. The molecule has 2 heterocycles. The van der Waals surface area contributed by atoms with E-state index >= 15 is 0 Å². The number of para-hydroxylation sites is 2. The molecule has 4 heteroatoms. The number of fused-ring (bicyclic) bond motifs is 1. The number of carbonyl (C=O) groups excluding carboxylic acids is 1. The fourth-order valence-electron chi connectivity index (χ4n) is 3.03. The van der Waals surface area contributed by atoms with Crippen molar-refractivity contribution in [2.45, 2.75) is 13.1 Å². The van der Waals surface area contributed by atoms with E-state index < -0.39 is 0 Å². The quantitative estimate of drug-likeness (QED) is 0.772. The number of nitrogens with zero attached hydrogens (tertiary/aromatic N) is 2. The van der Waals surface area contributed by atoms with E-state index in [0.717, 1.165) is 22.8 Å². The maximum atomic E-state index is 13.1. The normalized spacial score (nSPS) is 16.5. The summed E-state index contributed by atoms with van der Waals surface area (Å²) < 4.78 is 0. The monoisotopic (exact) mass is 315 g/mol. The molecule has 0 aliphatic carbocycles. The van der Waals surface area contributed by atoms with Crippen molar-refractivity contribution in [3.8, 4) is 0 Å². The largest absolute Gasteiger partial charge is 0.359 e. The molecule has 118 valence electrons. The van der Waals surface area contributed by atoms with E-state index in [1.165, 1.54) is 0 Å². The highest BCUT2D eigenvalue weighted by molar-refractivity contribution is 6.12. The fourth-order valence-corrected chi connectivity index (χ4v) is 3.03. The van der Waals surface area contributed by atoms with Gasteiger partial charge in [0.25, 0.3) is 5.91 Å². The molecule has 0 saturated heterocycles. The Morgan fingerprint density at radius 1 is 0.917 bits per heavy atom. The Kier molecular flexibility index (Phi) is 3.50. The Labute approximate surface area is 140 Å². The Hall–Kier alpha value is -3.14. The average molecular weight is 315 g/mol. The number of amides is 1. The first-order valence-electron chi connectivity index (χ1n) is 7.92. The smallest absolute Gasteiger partial charge is 0.262 e. The van der Waals surface area contributed by atoms with Crippen LogP contribution in [0.15, 0.2) is 72.8 Å². The predicted octanol–water partition coefficient (Wildman–Crippen LogP) is 4.16. The van der Waals surface area contributed by atoms with Gasteiger partial charge in [-0.2, -0.15) is 0 Å². The molecular weight excluding hydrogens is 298 g/mol. The van der Waals surface area contributed by atoms with E-state index in [2.05, 4.69) is 10.3 Å². The van der Waals surface area contributed by atoms with E-state index in [0.29, 0.717) is 5.56 Å². The molecule has 1 unspecified atom stereocenters. The minimum atomic E-state index is -0.338. The third-order valence-corrected chi connectivity index (χ3v) is 4.15. The molecule has 4 rings (SSSR count). The van der Waals surface area contributed by atoms with Gasteiger partial charge in [-0.25, -0.2) is 0 Å². The van der Waals surface area contributed by atoms with Crippen LogP contribution in [0.5, 0.6) is 0 Å². The number of rotatable bonds is 2. The van der Waals surface area contributed by atoms with Gasteiger partial charge in [-0.15, -0.1) is 0 Å². The number of aryl methyl sites for hydroxylation is 1. The molecule has 4 nitrogen and oxygen atoms in total. The lowest BCUT2D eigenvalue weighted by Crippen LogP contribution is -2.43. The minimum absolute atomic E-state index is 0.0242. The van der Waals surface area contributed by atoms with Crippen LogP contribution in [0.2, 0.25) is 0 Å². The topological polar surface area (TPSA) is 45.2 Å². The van der Waals surface area contributed by atoms with Crippen LogP contribution in [-0.2, 0) is 0 Å². The molecule has 2 aromatic carbocycles. The zero-order valence-corrected chi connectivity index (χ0v) is 13.3. The number of aromatic nitrogens is 1. The van der Waals surface area contributed by atoms with Crippen molar-refractivity contribution < 1.29 is 4.79 Å². The molecule has 1 aromatic heterocycles. The zero-order valence-electron chi connectivity index (χ0n) is 13.3. The number of hydrogen-bond donors (Lipinski definition) is 1. The molecule has 0 saturated carbocycles. The Bertz CT molecular complexity index is 892. The summed E-state index contributed by atoms with van der Waals surface area (Å²) in [5.41, 5.74) is 4.10. The summed E-state index contributed by atoms with van der Waals surface area (Å²) in [4.78, 5) is 19.5. The summed E-state index contributed by atoms with van der Waals surface area (Å²) in [5, 5.41) is 3.46. The number of hydrogen-bond acceptors (Lipinski definition) is 3. The van der Waals surface area contributed by atoms with Gasteiger partial charge in [-0.05, 0) is 43.3 Å². The van der Waals surface area contributed by atoms with Crippen molar-refractivity contribution in [3.05, 3.63) is 89.7 Å². The molecule has 1 amide bonds. The Balaban J connectivity index is 1.87. The molecule has 0 spiro atoms. The van der Waals surface area contributed by atoms with Crippen LogP contribution in [0.4, 0.5) is 11.4 Å². The molecule has 1 N–H and O–H groups in total. The first-order valence-corrected chi connectivity index (χ1v) is 7.92. The van der Waals surface area contributed by atoms with Gasteiger partial charge >= 0.3 is 0 Å². The highest BCUT2D eigenvalue weighted by Crippen LogP contribution is 2.35.